The number of halogens is 1. The summed E-state index contributed by atoms with van der Waals surface area (Å²) < 4.78 is 22.1. The first-order valence-corrected chi connectivity index (χ1v) is 3.18. The van der Waals surface area contributed by atoms with E-state index in [1.807, 2.05) is 0 Å². The van der Waals surface area contributed by atoms with Gasteiger partial charge in [0.15, 0.2) is 0 Å². The molecule has 0 aliphatic carbocycles. The maximum Gasteiger partial charge on any atom is 1.00 e. The van der Waals surface area contributed by atoms with E-state index in [0.29, 0.717) is 26.4 Å². The van der Waals surface area contributed by atoms with E-state index in [9.17, 15) is 0 Å². The van der Waals surface area contributed by atoms with Gasteiger partial charge in [0.25, 0.3) is 0 Å². The van der Waals surface area contributed by atoms with Gasteiger partial charge < -0.3 is 31.2 Å². The van der Waals surface area contributed by atoms with Crippen LogP contribution < -0.4 is 68.4 Å². The van der Waals surface area contributed by atoms with Gasteiger partial charge in [0.1, 0.15) is 0 Å². The standard InChI is InChI=1S/C6H14O3.CO.BrH.K.Mo/c1-7-3-5-9-6-4-8-2;1-2;;;/h3-6H2,1-2H3;;1H;;/q;;;+1;/p-1. The molecule has 0 saturated heterocycles. The first-order valence-electron chi connectivity index (χ1n) is 3.18. The molecule has 0 atom stereocenters. The van der Waals surface area contributed by atoms with Gasteiger partial charge in [-0.25, -0.2) is 0 Å². The fourth-order valence-corrected chi connectivity index (χ4v) is 0.387. The van der Waals surface area contributed by atoms with Crippen LogP contribution >= 0.6 is 0 Å². The minimum Gasteiger partial charge on any atom is 0 e. The zero-order chi connectivity index (χ0) is 8.95. The molecule has 0 aromatic carbocycles. The van der Waals surface area contributed by atoms with Gasteiger partial charge in [-0.1, -0.05) is 0 Å². The van der Waals surface area contributed by atoms with E-state index >= 15 is 0 Å². The fraction of sp³-hybridized carbons (Fsp3) is 0.857. The van der Waals surface area contributed by atoms with E-state index in [2.05, 4.69) is 6.65 Å². The first-order chi connectivity index (χ1) is 5.41. The maximum atomic E-state index is 7.50. The zero-order valence-corrected chi connectivity index (χ0v) is 15.5. The summed E-state index contributed by atoms with van der Waals surface area (Å²) in [5.74, 6) is 0. The Kier molecular flexibility index (Phi) is 77.3. The van der Waals surface area contributed by atoms with Crippen LogP contribution in [-0.4, -0.2) is 40.6 Å². The molecule has 0 heterocycles. The summed E-state index contributed by atoms with van der Waals surface area (Å²) in [4.78, 5) is 0. The molecule has 80 valence electrons. The third-order valence-corrected chi connectivity index (χ3v) is 0.864. The van der Waals surface area contributed by atoms with E-state index in [-0.39, 0.29) is 89.4 Å². The molecule has 0 spiro atoms. The van der Waals surface area contributed by atoms with Gasteiger partial charge >= 0.3 is 62.7 Å². The summed E-state index contributed by atoms with van der Waals surface area (Å²) in [6.07, 6.45) is 0. The van der Waals surface area contributed by atoms with Crippen molar-refractivity contribution in [2.75, 3.05) is 40.6 Å². The Morgan fingerprint density at radius 3 is 1.43 bits per heavy atom. The monoisotopic (exact) mass is 378 g/mol. The van der Waals surface area contributed by atoms with Gasteiger partial charge in [-0.05, 0) is 0 Å². The topological polar surface area (TPSA) is 47.6 Å². The van der Waals surface area contributed by atoms with Crippen LogP contribution in [0.25, 0.3) is 0 Å². The van der Waals surface area contributed by atoms with E-state index in [1.54, 1.807) is 14.2 Å². The van der Waals surface area contributed by atoms with Crippen LogP contribution in [0.1, 0.15) is 0 Å². The first kappa shape index (κ1) is 29.9. The largest absolute Gasteiger partial charge is 1.00 e. The van der Waals surface area contributed by atoms with Crippen molar-refractivity contribution in [1.29, 1.82) is 0 Å². The molecule has 0 N–H and O–H groups in total. The molecular formula is C7H14BrKMoO4. The van der Waals surface area contributed by atoms with Crippen molar-refractivity contribution < 1.29 is 108 Å². The minimum atomic E-state index is 0. The minimum absolute atomic E-state index is 0. The number of ether oxygens (including phenoxy) is 3. The fourth-order valence-electron chi connectivity index (χ4n) is 0.387. The molecule has 0 bridgehead atoms. The predicted molar refractivity (Wildman–Crippen MR) is 38.5 cm³/mol. The summed E-state index contributed by atoms with van der Waals surface area (Å²) in [5.41, 5.74) is 0. The van der Waals surface area contributed by atoms with Crippen LogP contribution in [-0.2, 0) is 39.9 Å². The average molecular weight is 377 g/mol. The SMILES string of the molecule is COCCOCCOC.[Br-].[C-]#[O+].[K+].[Mo]. The molecular weight excluding hydrogens is 363 g/mol. The molecule has 0 aromatic rings. The van der Waals surface area contributed by atoms with Crippen LogP contribution in [0.2, 0.25) is 0 Å². The summed E-state index contributed by atoms with van der Waals surface area (Å²) >= 11 is 0. The van der Waals surface area contributed by atoms with Gasteiger partial charge in [-0.15, -0.1) is 0 Å². The summed E-state index contributed by atoms with van der Waals surface area (Å²) in [5, 5.41) is 0. The van der Waals surface area contributed by atoms with Crippen molar-refractivity contribution in [3.63, 3.8) is 0 Å². The molecule has 0 aliphatic rings. The second-order valence-corrected chi connectivity index (χ2v) is 1.60. The molecule has 7 heteroatoms. The van der Waals surface area contributed by atoms with Crippen LogP contribution in [0.3, 0.4) is 0 Å². The van der Waals surface area contributed by atoms with Crippen molar-refractivity contribution in [2.45, 2.75) is 0 Å². The molecule has 0 unspecified atom stereocenters. The molecule has 4 nitrogen and oxygen atoms in total. The van der Waals surface area contributed by atoms with Gasteiger partial charge in [-0.2, -0.15) is 0 Å². The van der Waals surface area contributed by atoms with Crippen molar-refractivity contribution in [2.24, 2.45) is 0 Å². The van der Waals surface area contributed by atoms with Gasteiger partial charge in [0.05, 0.1) is 26.4 Å². The molecule has 0 saturated carbocycles. The van der Waals surface area contributed by atoms with Gasteiger partial charge in [0, 0.05) is 35.3 Å². The Balaban J connectivity index is -0.0000000505. The molecule has 0 aliphatic heterocycles. The van der Waals surface area contributed by atoms with Gasteiger partial charge in [-0.3, -0.25) is 0 Å². The van der Waals surface area contributed by atoms with Crippen LogP contribution in [0.5, 0.6) is 0 Å². The molecule has 14 heavy (non-hydrogen) atoms. The Bertz CT molecular complexity index is 81.3. The number of rotatable bonds is 6. The summed E-state index contributed by atoms with van der Waals surface area (Å²) in [6, 6.07) is 0. The Labute approximate surface area is 153 Å². The van der Waals surface area contributed by atoms with Gasteiger partial charge in [0.2, 0.25) is 0 Å². The maximum absolute atomic E-state index is 7.50. The van der Waals surface area contributed by atoms with Crippen molar-refractivity contribution >= 4 is 0 Å². The third kappa shape index (κ3) is 36.6. The van der Waals surface area contributed by atoms with Crippen LogP contribution in [0, 0.1) is 6.65 Å². The second-order valence-electron chi connectivity index (χ2n) is 1.60. The number of hydrogen-bond donors (Lipinski definition) is 0. The molecule has 0 amide bonds. The quantitative estimate of drug-likeness (QED) is 0.201. The third-order valence-electron chi connectivity index (χ3n) is 0.864. The summed E-state index contributed by atoms with van der Waals surface area (Å²) in [6.45, 7) is 7.12. The molecule has 0 aromatic heterocycles. The van der Waals surface area contributed by atoms with Crippen LogP contribution in [0.15, 0.2) is 0 Å². The average Bonchev–Trinajstić information content (AvgIpc) is 2.08. The summed E-state index contributed by atoms with van der Waals surface area (Å²) in [7, 11) is 3.30. The van der Waals surface area contributed by atoms with Crippen molar-refractivity contribution in [3.05, 3.63) is 6.65 Å². The molecule has 0 rings (SSSR count). The molecule has 0 fully saturated rings. The van der Waals surface area contributed by atoms with Crippen molar-refractivity contribution in [3.8, 4) is 0 Å². The van der Waals surface area contributed by atoms with E-state index in [1.165, 1.54) is 0 Å². The van der Waals surface area contributed by atoms with E-state index < -0.39 is 0 Å². The zero-order valence-electron chi connectivity index (χ0n) is 8.75. The predicted octanol–water partition coefficient (Wildman–Crippen LogP) is -5.74. The van der Waals surface area contributed by atoms with Crippen LogP contribution in [0.4, 0.5) is 0 Å². The number of methoxy groups -OCH3 is 2. The Morgan fingerprint density at radius 1 is 0.929 bits per heavy atom. The smallest absolute Gasteiger partial charge is 0 e. The van der Waals surface area contributed by atoms with E-state index in [4.69, 9.17) is 18.9 Å². The van der Waals surface area contributed by atoms with Crippen molar-refractivity contribution in [1.82, 2.24) is 0 Å². The Morgan fingerprint density at radius 2 is 1.21 bits per heavy atom. The van der Waals surface area contributed by atoms with E-state index in [0.717, 1.165) is 0 Å². The molecule has 0 radical (unpaired) electrons. The Hall–Kier alpha value is 2.42. The normalized spacial score (nSPS) is 6.57. The second kappa shape index (κ2) is 36.1. The number of hydrogen-bond acceptors (Lipinski definition) is 3.